The predicted octanol–water partition coefficient (Wildman–Crippen LogP) is 4.12. The van der Waals surface area contributed by atoms with E-state index in [1.165, 1.54) is 18.6 Å². The van der Waals surface area contributed by atoms with Crippen LogP contribution < -0.4 is 5.43 Å². The quantitative estimate of drug-likeness (QED) is 0.658. The molecule has 2 aliphatic carbocycles. The lowest BCUT2D eigenvalue weighted by Crippen LogP contribution is -2.26. The SMILES string of the molecule is CC1(C)[C@H]2CC[C@]1(C)C/C2=N/Nc1ccc([N+](=O)[O-])cc1[N+](=O)[O-]. The van der Waals surface area contributed by atoms with E-state index in [2.05, 4.69) is 31.3 Å². The zero-order chi connectivity index (χ0) is 17.7. The van der Waals surface area contributed by atoms with E-state index in [4.69, 9.17) is 0 Å². The second kappa shape index (κ2) is 5.25. The van der Waals surface area contributed by atoms with Gasteiger partial charge in [0.1, 0.15) is 5.69 Å². The van der Waals surface area contributed by atoms with Gasteiger partial charge in [-0.1, -0.05) is 20.8 Å². The topological polar surface area (TPSA) is 111 Å². The first-order valence-corrected chi connectivity index (χ1v) is 7.91. The minimum atomic E-state index is -0.651. The third-order valence-corrected chi connectivity index (χ3v) is 6.09. The van der Waals surface area contributed by atoms with Gasteiger partial charge in [0.25, 0.3) is 5.69 Å². The van der Waals surface area contributed by atoms with Gasteiger partial charge in [-0.05, 0) is 36.2 Å². The van der Waals surface area contributed by atoms with Crippen LogP contribution in [0.2, 0.25) is 0 Å². The van der Waals surface area contributed by atoms with Gasteiger partial charge >= 0.3 is 5.69 Å². The number of fused-ring (bicyclic) bond motifs is 2. The summed E-state index contributed by atoms with van der Waals surface area (Å²) in [5.41, 5.74) is 3.68. The number of hydrazone groups is 1. The Morgan fingerprint density at radius 2 is 1.92 bits per heavy atom. The molecule has 2 saturated carbocycles. The third kappa shape index (κ3) is 2.33. The van der Waals surface area contributed by atoms with Gasteiger partial charge in [-0.15, -0.1) is 0 Å². The molecule has 8 heteroatoms. The fourth-order valence-corrected chi connectivity index (χ4v) is 4.12. The maximum atomic E-state index is 11.2. The van der Waals surface area contributed by atoms with Gasteiger partial charge in [0, 0.05) is 17.7 Å². The molecule has 0 saturated heterocycles. The molecule has 1 aromatic carbocycles. The molecular weight excluding hydrogens is 312 g/mol. The van der Waals surface area contributed by atoms with Crippen LogP contribution in [0.25, 0.3) is 0 Å². The molecule has 8 nitrogen and oxygen atoms in total. The first-order valence-electron chi connectivity index (χ1n) is 7.91. The smallest absolute Gasteiger partial charge is 0.272 e. The van der Waals surface area contributed by atoms with E-state index in [0.717, 1.165) is 24.6 Å². The number of anilines is 1. The maximum Gasteiger partial charge on any atom is 0.301 e. The van der Waals surface area contributed by atoms with Gasteiger partial charge in [-0.2, -0.15) is 5.10 Å². The Morgan fingerprint density at radius 1 is 1.21 bits per heavy atom. The van der Waals surface area contributed by atoms with Crippen LogP contribution in [0.5, 0.6) is 0 Å². The number of nitrogens with zero attached hydrogens (tertiary/aromatic N) is 3. The lowest BCUT2D eigenvalue weighted by molar-refractivity contribution is -0.393. The van der Waals surface area contributed by atoms with Crippen LogP contribution in [-0.2, 0) is 0 Å². The van der Waals surface area contributed by atoms with Crippen molar-refractivity contribution in [1.82, 2.24) is 0 Å². The van der Waals surface area contributed by atoms with Gasteiger partial charge in [-0.3, -0.25) is 25.7 Å². The number of nitro benzene ring substituents is 2. The molecule has 2 atom stereocenters. The second-order valence-corrected chi connectivity index (χ2v) is 7.48. The molecule has 0 unspecified atom stereocenters. The summed E-state index contributed by atoms with van der Waals surface area (Å²) in [7, 11) is 0. The van der Waals surface area contributed by atoms with Crippen molar-refractivity contribution in [2.45, 2.75) is 40.0 Å². The average Bonchev–Trinajstić information content (AvgIpc) is 2.85. The summed E-state index contributed by atoms with van der Waals surface area (Å²) in [6.07, 6.45) is 3.12. The molecule has 0 heterocycles. The molecule has 1 N–H and O–H groups in total. The minimum absolute atomic E-state index is 0.162. The second-order valence-electron chi connectivity index (χ2n) is 7.48. The van der Waals surface area contributed by atoms with Crippen LogP contribution in [0.15, 0.2) is 23.3 Å². The Balaban J connectivity index is 1.88. The molecule has 3 rings (SSSR count). The Bertz CT molecular complexity index is 756. The van der Waals surface area contributed by atoms with Gasteiger partial charge < -0.3 is 0 Å². The first-order chi connectivity index (χ1) is 11.2. The number of hydrogen-bond donors (Lipinski definition) is 1. The summed E-state index contributed by atoms with van der Waals surface area (Å²) in [5, 5.41) is 26.4. The lowest BCUT2D eigenvalue weighted by Gasteiger charge is -2.33. The van der Waals surface area contributed by atoms with Crippen LogP contribution in [0.3, 0.4) is 0 Å². The third-order valence-electron chi connectivity index (χ3n) is 6.09. The molecule has 0 radical (unpaired) electrons. The van der Waals surface area contributed by atoms with Crippen molar-refractivity contribution in [3.63, 3.8) is 0 Å². The van der Waals surface area contributed by atoms with Gasteiger partial charge in [0.05, 0.1) is 15.9 Å². The molecule has 2 bridgehead atoms. The van der Waals surface area contributed by atoms with Gasteiger partial charge in [0.15, 0.2) is 0 Å². The Morgan fingerprint density at radius 3 is 2.42 bits per heavy atom. The van der Waals surface area contributed by atoms with E-state index in [9.17, 15) is 20.2 Å². The van der Waals surface area contributed by atoms with E-state index in [1.54, 1.807) is 0 Å². The highest BCUT2D eigenvalue weighted by atomic mass is 16.6. The molecule has 0 aliphatic heterocycles. The molecule has 1 aromatic rings. The molecule has 0 amide bonds. The minimum Gasteiger partial charge on any atom is -0.272 e. The zero-order valence-electron chi connectivity index (χ0n) is 13.9. The number of non-ortho nitro benzene ring substituents is 1. The summed E-state index contributed by atoms with van der Waals surface area (Å²) in [5.74, 6) is 0.368. The predicted molar refractivity (Wildman–Crippen MR) is 90.0 cm³/mol. The monoisotopic (exact) mass is 332 g/mol. The number of nitro groups is 2. The fourth-order valence-electron chi connectivity index (χ4n) is 4.12. The largest absolute Gasteiger partial charge is 0.301 e. The molecule has 2 fully saturated rings. The summed E-state index contributed by atoms with van der Waals surface area (Å²) in [6, 6.07) is 3.52. The molecule has 0 spiro atoms. The number of nitrogens with one attached hydrogen (secondary N) is 1. The van der Waals surface area contributed by atoms with Crippen LogP contribution >= 0.6 is 0 Å². The first kappa shape index (κ1) is 16.4. The zero-order valence-corrected chi connectivity index (χ0v) is 13.9. The van der Waals surface area contributed by atoms with Crippen LogP contribution in [0, 0.1) is 37.0 Å². The van der Waals surface area contributed by atoms with Crippen molar-refractivity contribution in [2.24, 2.45) is 21.8 Å². The van der Waals surface area contributed by atoms with Crippen LogP contribution in [0.1, 0.15) is 40.0 Å². The van der Waals surface area contributed by atoms with Crippen LogP contribution in [0.4, 0.5) is 17.1 Å². The lowest BCUT2D eigenvalue weighted by atomic mass is 9.71. The normalized spacial score (nSPS) is 29.0. The molecule has 2 aliphatic rings. The van der Waals surface area contributed by atoms with Crippen molar-refractivity contribution in [1.29, 1.82) is 0 Å². The number of benzene rings is 1. The highest BCUT2D eigenvalue weighted by Gasteiger charge is 2.59. The standard InChI is InChI=1S/C16H20N4O4/c1-15(2)11-6-7-16(15,3)9-13(11)18-17-12-5-4-10(19(21)22)8-14(12)20(23)24/h4-5,8,11,17H,6-7,9H2,1-3H3/b18-13-/t11-,16+/m0/s1. The summed E-state index contributed by atoms with van der Waals surface area (Å²) in [4.78, 5) is 20.7. The summed E-state index contributed by atoms with van der Waals surface area (Å²) in [6.45, 7) is 6.77. The van der Waals surface area contributed by atoms with E-state index in [0.29, 0.717) is 5.92 Å². The van der Waals surface area contributed by atoms with Gasteiger partial charge in [-0.25, -0.2) is 0 Å². The average molecular weight is 332 g/mol. The fraction of sp³-hybridized carbons (Fsp3) is 0.562. The van der Waals surface area contributed by atoms with Crippen molar-refractivity contribution >= 4 is 22.8 Å². The highest BCUT2D eigenvalue weighted by Crippen LogP contribution is 2.64. The number of hydrogen-bond acceptors (Lipinski definition) is 6. The Hall–Kier alpha value is -2.51. The van der Waals surface area contributed by atoms with Crippen molar-refractivity contribution in [2.75, 3.05) is 5.43 Å². The molecule has 0 aromatic heterocycles. The summed E-state index contributed by atoms with van der Waals surface area (Å²) < 4.78 is 0. The van der Waals surface area contributed by atoms with E-state index in [-0.39, 0.29) is 27.9 Å². The van der Waals surface area contributed by atoms with Crippen molar-refractivity contribution in [3.8, 4) is 0 Å². The molecule has 128 valence electrons. The van der Waals surface area contributed by atoms with E-state index < -0.39 is 9.85 Å². The molecular formula is C16H20N4O4. The Kier molecular flexibility index (Phi) is 3.58. The van der Waals surface area contributed by atoms with Crippen molar-refractivity contribution in [3.05, 3.63) is 38.4 Å². The maximum absolute atomic E-state index is 11.2. The number of rotatable bonds is 4. The molecule has 24 heavy (non-hydrogen) atoms. The summed E-state index contributed by atoms with van der Waals surface area (Å²) >= 11 is 0. The van der Waals surface area contributed by atoms with E-state index >= 15 is 0 Å². The van der Waals surface area contributed by atoms with E-state index in [1.807, 2.05) is 0 Å². The van der Waals surface area contributed by atoms with Crippen molar-refractivity contribution < 1.29 is 9.85 Å². The van der Waals surface area contributed by atoms with Gasteiger partial charge in [0.2, 0.25) is 0 Å². The van der Waals surface area contributed by atoms with Crippen LogP contribution in [-0.4, -0.2) is 15.6 Å². The Labute approximate surface area is 139 Å². The highest BCUT2D eigenvalue weighted by molar-refractivity contribution is 5.92.